The van der Waals surface area contributed by atoms with E-state index in [2.05, 4.69) is 21.7 Å². The van der Waals surface area contributed by atoms with Gasteiger partial charge in [0.25, 0.3) is 5.91 Å². The molecular formula is C20H18ClN3O. The fourth-order valence-corrected chi connectivity index (χ4v) is 2.92. The Hall–Kier alpha value is -2.85. The number of benzene rings is 2. The number of aromatic nitrogens is 1. The number of hydrogen-bond acceptors (Lipinski definition) is 3. The molecule has 126 valence electrons. The number of pyridine rings is 1. The number of aryl methyl sites for hydroxylation is 2. The first kappa shape index (κ1) is 17.0. The van der Waals surface area contributed by atoms with Gasteiger partial charge >= 0.3 is 0 Å². The van der Waals surface area contributed by atoms with Gasteiger partial charge < -0.3 is 10.6 Å². The molecule has 2 N–H and O–H groups in total. The number of nitrogens with one attached hydrogen (secondary N) is 2. The van der Waals surface area contributed by atoms with Crippen molar-refractivity contribution < 1.29 is 4.79 Å². The fourth-order valence-electron chi connectivity index (χ4n) is 2.56. The number of rotatable bonds is 4. The number of anilines is 3. The highest BCUT2D eigenvalue weighted by atomic mass is 35.5. The van der Waals surface area contributed by atoms with Crippen molar-refractivity contribution in [2.24, 2.45) is 0 Å². The summed E-state index contributed by atoms with van der Waals surface area (Å²) in [6, 6.07) is 14.9. The molecule has 0 aliphatic heterocycles. The van der Waals surface area contributed by atoms with Crippen LogP contribution in [0.2, 0.25) is 5.02 Å². The number of amides is 1. The van der Waals surface area contributed by atoms with Gasteiger partial charge in [0.05, 0.1) is 16.3 Å². The van der Waals surface area contributed by atoms with Gasteiger partial charge in [-0.2, -0.15) is 0 Å². The summed E-state index contributed by atoms with van der Waals surface area (Å²) in [6.45, 7) is 4.03. The molecule has 25 heavy (non-hydrogen) atoms. The van der Waals surface area contributed by atoms with E-state index in [1.807, 2.05) is 44.2 Å². The zero-order valence-corrected chi connectivity index (χ0v) is 14.8. The predicted molar refractivity (Wildman–Crippen MR) is 103 cm³/mol. The molecule has 1 aromatic heterocycles. The lowest BCUT2D eigenvalue weighted by molar-refractivity contribution is 0.102. The van der Waals surface area contributed by atoms with Crippen molar-refractivity contribution in [2.45, 2.75) is 13.8 Å². The molecule has 0 unspecified atom stereocenters. The Balaban J connectivity index is 1.72. The summed E-state index contributed by atoms with van der Waals surface area (Å²) in [5, 5.41) is 6.86. The van der Waals surface area contributed by atoms with Crippen molar-refractivity contribution in [1.82, 2.24) is 4.98 Å². The Kier molecular flexibility index (Phi) is 5.00. The second-order valence-corrected chi connectivity index (χ2v) is 6.24. The maximum Gasteiger partial charge on any atom is 0.257 e. The molecule has 1 amide bonds. The van der Waals surface area contributed by atoms with Crippen molar-refractivity contribution in [3.63, 3.8) is 0 Å². The van der Waals surface area contributed by atoms with Crippen molar-refractivity contribution in [3.05, 3.63) is 82.6 Å². The number of nitrogens with zero attached hydrogens (tertiary/aromatic N) is 1. The van der Waals surface area contributed by atoms with Gasteiger partial charge in [-0.05, 0) is 67.4 Å². The van der Waals surface area contributed by atoms with Gasteiger partial charge in [0.2, 0.25) is 0 Å². The molecule has 0 bridgehead atoms. The Bertz CT molecular complexity index is 870. The van der Waals surface area contributed by atoms with E-state index in [0.29, 0.717) is 16.3 Å². The van der Waals surface area contributed by atoms with Gasteiger partial charge in [-0.15, -0.1) is 0 Å². The topological polar surface area (TPSA) is 54.0 Å². The van der Waals surface area contributed by atoms with Crippen LogP contribution in [-0.2, 0) is 0 Å². The summed E-state index contributed by atoms with van der Waals surface area (Å²) in [6.07, 6.45) is 3.17. The average Bonchev–Trinajstić information content (AvgIpc) is 2.60. The third kappa shape index (κ3) is 4.17. The van der Waals surface area contributed by atoms with Crippen LogP contribution in [0.1, 0.15) is 21.5 Å². The van der Waals surface area contributed by atoms with Crippen LogP contribution in [0.15, 0.2) is 60.9 Å². The largest absolute Gasteiger partial charge is 0.354 e. The molecule has 4 nitrogen and oxygen atoms in total. The first-order valence-corrected chi connectivity index (χ1v) is 8.26. The van der Waals surface area contributed by atoms with Crippen LogP contribution in [0.4, 0.5) is 17.1 Å². The van der Waals surface area contributed by atoms with Crippen LogP contribution < -0.4 is 10.6 Å². The van der Waals surface area contributed by atoms with E-state index in [0.717, 1.165) is 22.5 Å². The minimum absolute atomic E-state index is 0.189. The van der Waals surface area contributed by atoms with Crippen LogP contribution in [-0.4, -0.2) is 10.9 Å². The molecule has 0 radical (unpaired) electrons. The van der Waals surface area contributed by atoms with Crippen molar-refractivity contribution in [2.75, 3.05) is 10.6 Å². The molecule has 0 spiro atoms. The van der Waals surface area contributed by atoms with Crippen LogP contribution in [0.25, 0.3) is 0 Å². The Morgan fingerprint density at radius 2 is 1.76 bits per heavy atom. The zero-order chi connectivity index (χ0) is 17.8. The normalized spacial score (nSPS) is 10.4. The summed E-state index contributed by atoms with van der Waals surface area (Å²) < 4.78 is 0. The highest BCUT2D eigenvalue weighted by Gasteiger charge is 2.08. The monoisotopic (exact) mass is 351 g/mol. The third-order valence-electron chi connectivity index (χ3n) is 3.77. The van der Waals surface area contributed by atoms with E-state index in [4.69, 9.17) is 11.6 Å². The quantitative estimate of drug-likeness (QED) is 0.666. The lowest BCUT2D eigenvalue weighted by atomic mass is 10.1. The van der Waals surface area contributed by atoms with Gasteiger partial charge in [0, 0.05) is 23.8 Å². The minimum Gasteiger partial charge on any atom is -0.354 e. The first-order valence-electron chi connectivity index (χ1n) is 7.88. The summed E-state index contributed by atoms with van der Waals surface area (Å²) in [7, 11) is 0. The zero-order valence-electron chi connectivity index (χ0n) is 14.0. The molecule has 0 saturated carbocycles. The summed E-state index contributed by atoms with van der Waals surface area (Å²) >= 11 is 6.33. The smallest absolute Gasteiger partial charge is 0.257 e. The van der Waals surface area contributed by atoms with E-state index < -0.39 is 0 Å². The molecule has 0 atom stereocenters. The standard InChI is InChI=1S/C20H18ClN3O/c1-13-10-14(2)19(18(21)11-13)23-16-5-7-17(8-6-16)24-20(25)15-4-3-9-22-12-15/h3-12,23H,1-2H3,(H,24,25). The molecule has 1 heterocycles. The molecule has 0 aliphatic carbocycles. The first-order chi connectivity index (χ1) is 12.0. The maximum absolute atomic E-state index is 12.1. The van der Waals surface area contributed by atoms with Crippen molar-refractivity contribution in [1.29, 1.82) is 0 Å². The Morgan fingerprint density at radius 1 is 1.04 bits per heavy atom. The number of carbonyl (C=O) groups is 1. The molecule has 0 saturated heterocycles. The second kappa shape index (κ2) is 7.36. The van der Waals surface area contributed by atoms with E-state index in [-0.39, 0.29) is 5.91 Å². The van der Waals surface area contributed by atoms with E-state index in [1.165, 1.54) is 6.20 Å². The summed E-state index contributed by atoms with van der Waals surface area (Å²) in [5.41, 5.74) is 5.23. The predicted octanol–water partition coefficient (Wildman–Crippen LogP) is 5.35. The average molecular weight is 352 g/mol. The van der Waals surface area contributed by atoms with E-state index in [9.17, 15) is 4.79 Å². The molecular weight excluding hydrogens is 334 g/mol. The maximum atomic E-state index is 12.1. The van der Waals surface area contributed by atoms with Gasteiger partial charge in [-0.3, -0.25) is 9.78 Å². The Labute approximate surface area is 151 Å². The highest BCUT2D eigenvalue weighted by molar-refractivity contribution is 6.33. The lowest BCUT2D eigenvalue weighted by Gasteiger charge is -2.13. The molecule has 2 aromatic carbocycles. The van der Waals surface area contributed by atoms with E-state index in [1.54, 1.807) is 18.3 Å². The molecule has 3 aromatic rings. The van der Waals surface area contributed by atoms with Crippen molar-refractivity contribution in [3.8, 4) is 0 Å². The fraction of sp³-hybridized carbons (Fsp3) is 0.100. The van der Waals surface area contributed by atoms with Crippen LogP contribution in [0.5, 0.6) is 0 Å². The highest BCUT2D eigenvalue weighted by Crippen LogP contribution is 2.30. The van der Waals surface area contributed by atoms with Gasteiger partial charge in [-0.1, -0.05) is 17.7 Å². The minimum atomic E-state index is -0.189. The molecule has 3 rings (SSSR count). The van der Waals surface area contributed by atoms with Crippen LogP contribution in [0, 0.1) is 13.8 Å². The lowest BCUT2D eigenvalue weighted by Crippen LogP contribution is -2.11. The van der Waals surface area contributed by atoms with Gasteiger partial charge in [0.15, 0.2) is 0 Å². The molecule has 5 heteroatoms. The Morgan fingerprint density at radius 3 is 2.40 bits per heavy atom. The van der Waals surface area contributed by atoms with E-state index >= 15 is 0 Å². The molecule has 0 aliphatic rings. The van der Waals surface area contributed by atoms with Gasteiger partial charge in [-0.25, -0.2) is 0 Å². The van der Waals surface area contributed by atoms with Crippen LogP contribution >= 0.6 is 11.6 Å². The molecule has 0 fully saturated rings. The number of halogens is 1. The van der Waals surface area contributed by atoms with Crippen molar-refractivity contribution >= 4 is 34.6 Å². The van der Waals surface area contributed by atoms with Gasteiger partial charge in [0.1, 0.15) is 0 Å². The second-order valence-electron chi connectivity index (χ2n) is 5.84. The van der Waals surface area contributed by atoms with Crippen LogP contribution in [0.3, 0.4) is 0 Å². The third-order valence-corrected chi connectivity index (χ3v) is 4.07. The number of carbonyl (C=O) groups excluding carboxylic acids is 1. The summed E-state index contributed by atoms with van der Waals surface area (Å²) in [4.78, 5) is 16.1. The SMILES string of the molecule is Cc1cc(C)c(Nc2ccc(NC(=O)c3cccnc3)cc2)c(Cl)c1. The summed E-state index contributed by atoms with van der Waals surface area (Å²) in [5.74, 6) is -0.189. The number of hydrogen-bond donors (Lipinski definition) is 2.